The molecule has 7 N–H and O–H groups in total. The SMILES string of the molecule is CC(=O)CC[C@@H](NC(=O)CC[C@H](NC(=O)COCCOCCNC(=O)CCCS(=O)(=O)NC(=O)CCCS(=O)(=O)O)C(=O)O)C(=O)O. The first-order chi connectivity index (χ1) is 21.8. The van der Waals surface area contributed by atoms with E-state index < -0.39 is 98.7 Å². The summed E-state index contributed by atoms with van der Waals surface area (Å²) in [6, 6.07) is -2.78. The summed E-state index contributed by atoms with van der Waals surface area (Å²) in [6.07, 6.45) is -1.93. The van der Waals surface area contributed by atoms with Crippen LogP contribution in [0.4, 0.5) is 0 Å². The summed E-state index contributed by atoms with van der Waals surface area (Å²) in [5, 5.41) is 25.3. The zero-order valence-electron chi connectivity index (χ0n) is 25.7. The third-order valence-corrected chi connectivity index (χ3v) is 7.95. The molecule has 0 aliphatic heterocycles. The highest BCUT2D eigenvalue weighted by atomic mass is 32.2. The van der Waals surface area contributed by atoms with Gasteiger partial charge in [0.1, 0.15) is 24.5 Å². The third-order valence-electron chi connectivity index (χ3n) is 5.78. The highest BCUT2D eigenvalue weighted by molar-refractivity contribution is 7.90. The number of hydrogen-bond acceptors (Lipinski definition) is 13. The summed E-state index contributed by atoms with van der Waals surface area (Å²) in [7, 11) is -8.31. The highest BCUT2D eigenvalue weighted by Gasteiger charge is 2.24. The van der Waals surface area contributed by atoms with Crippen molar-refractivity contribution in [3.8, 4) is 0 Å². The van der Waals surface area contributed by atoms with Gasteiger partial charge in [-0.15, -0.1) is 0 Å². The predicted octanol–water partition coefficient (Wildman–Crippen LogP) is -2.68. The minimum Gasteiger partial charge on any atom is -0.480 e. The maximum atomic E-state index is 12.1. The zero-order valence-corrected chi connectivity index (χ0v) is 27.4. The molecule has 0 spiro atoms. The van der Waals surface area contributed by atoms with Gasteiger partial charge in [-0.2, -0.15) is 8.42 Å². The van der Waals surface area contributed by atoms with Crippen molar-refractivity contribution >= 4 is 61.5 Å². The van der Waals surface area contributed by atoms with Crippen LogP contribution in [-0.4, -0.2) is 130 Å². The molecule has 0 saturated heterocycles. The molecule has 0 unspecified atom stereocenters. The van der Waals surface area contributed by atoms with E-state index in [4.69, 9.17) is 19.1 Å². The van der Waals surface area contributed by atoms with E-state index in [9.17, 15) is 55.5 Å². The Morgan fingerprint density at radius 2 is 1.19 bits per heavy atom. The number of ketones is 1. The molecular weight excluding hydrogens is 676 g/mol. The van der Waals surface area contributed by atoms with Gasteiger partial charge < -0.3 is 40.4 Å². The molecule has 270 valence electrons. The fraction of sp³-hybridized carbons (Fsp3) is 0.720. The van der Waals surface area contributed by atoms with E-state index in [1.54, 1.807) is 4.72 Å². The highest BCUT2D eigenvalue weighted by Crippen LogP contribution is 2.03. The number of hydrogen-bond donors (Lipinski definition) is 7. The van der Waals surface area contributed by atoms with Gasteiger partial charge in [-0.1, -0.05) is 0 Å². The quantitative estimate of drug-likeness (QED) is 0.0336. The van der Waals surface area contributed by atoms with Crippen LogP contribution in [0, 0.1) is 0 Å². The fourth-order valence-corrected chi connectivity index (χ4v) is 5.07. The van der Waals surface area contributed by atoms with Crippen molar-refractivity contribution in [1.82, 2.24) is 20.7 Å². The van der Waals surface area contributed by atoms with Gasteiger partial charge in [0.2, 0.25) is 33.7 Å². The first kappa shape index (κ1) is 43.3. The van der Waals surface area contributed by atoms with Crippen molar-refractivity contribution in [3.05, 3.63) is 0 Å². The van der Waals surface area contributed by atoms with E-state index in [-0.39, 0.29) is 70.7 Å². The molecular formula is C25H42N4O16S2. The van der Waals surface area contributed by atoms with Crippen LogP contribution in [-0.2, 0) is 63.2 Å². The van der Waals surface area contributed by atoms with Crippen LogP contribution in [0.1, 0.15) is 58.3 Å². The number of carbonyl (C=O) groups is 7. The first-order valence-electron chi connectivity index (χ1n) is 14.3. The molecule has 4 amide bonds. The molecule has 22 heteroatoms. The molecule has 2 atom stereocenters. The molecule has 0 aromatic carbocycles. The molecule has 0 aliphatic rings. The monoisotopic (exact) mass is 718 g/mol. The summed E-state index contributed by atoms with van der Waals surface area (Å²) in [5.74, 6) is -7.27. The Balaban J connectivity index is 4.12. The van der Waals surface area contributed by atoms with Crippen LogP contribution in [0.5, 0.6) is 0 Å². The van der Waals surface area contributed by atoms with E-state index in [1.807, 2.05) is 0 Å². The van der Waals surface area contributed by atoms with Crippen LogP contribution in [0.3, 0.4) is 0 Å². The van der Waals surface area contributed by atoms with Gasteiger partial charge in [0.25, 0.3) is 10.1 Å². The van der Waals surface area contributed by atoms with E-state index in [1.165, 1.54) is 6.92 Å². The normalized spacial score (nSPS) is 12.7. The summed E-state index contributed by atoms with van der Waals surface area (Å²) in [6.45, 7) is 0.774. The van der Waals surface area contributed by atoms with Gasteiger partial charge >= 0.3 is 11.9 Å². The second kappa shape index (κ2) is 22.7. The number of rotatable bonds is 27. The largest absolute Gasteiger partial charge is 0.480 e. The summed E-state index contributed by atoms with van der Waals surface area (Å²) >= 11 is 0. The van der Waals surface area contributed by atoms with Crippen molar-refractivity contribution in [2.75, 3.05) is 44.5 Å². The molecule has 0 aliphatic carbocycles. The lowest BCUT2D eigenvalue weighted by Crippen LogP contribution is -2.45. The maximum absolute atomic E-state index is 12.1. The summed E-state index contributed by atoms with van der Waals surface area (Å²) in [4.78, 5) is 81.2. The number of sulfonamides is 1. The average molecular weight is 719 g/mol. The Morgan fingerprint density at radius 3 is 1.77 bits per heavy atom. The van der Waals surface area contributed by atoms with Gasteiger partial charge in [-0.05, 0) is 32.6 Å². The van der Waals surface area contributed by atoms with Gasteiger partial charge in [0.15, 0.2) is 0 Å². The number of ether oxygens (including phenoxy) is 2. The Labute approximate surface area is 271 Å². The van der Waals surface area contributed by atoms with E-state index in [0.29, 0.717) is 0 Å². The van der Waals surface area contributed by atoms with Crippen LogP contribution in [0.15, 0.2) is 0 Å². The van der Waals surface area contributed by atoms with Gasteiger partial charge in [0, 0.05) is 32.2 Å². The van der Waals surface area contributed by atoms with Crippen LogP contribution in [0.2, 0.25) is 0 Å². The number of carboxylic acids is 2. The van der Waals surface area contributed by atoms with Crippen LogP contribution >= 0.6 is 0 Å². The van der Waals surface area contributed by atoms with Gasteiger partial charge in [-0.3, -0.25) is 28.5 Å². The standard InChI is InChI=1S/C25H42N4O16S2/c1-17(30)6-7-18(24(35)36)27-21(32)9-8-19(25(37)38)28-23(34)16-45-13-12-44-11-10-26-20(31)4-2-14-46(39,40)29-22(33)5-3-15-47(41,42)43/h18-19H,2-16H2,1H3,(H,26,31)(H,27,32)(H,28,34)(H,29,33)(H,35,36)(H,37,38)(H,41,42,43)/t18-,19+/m1/s1. The Hall–Kier alpha value is -3.73. The Morgan fingerprint density at radius 1 is 0.660 bits per heavy atom. The second-order valence-corrected chi connectivity index (χ2v) is 13.5. The van der Waals surface area contributed by atoms with Crippen molar-refractivity contribution in [3.63, 3.8) is 0 Å². The topological polar surface area (TPSA) is 315 Å². The number of Topliss-reactive ketones (excluding diaryl/α,β-unsaturated/α-hetero) is 1. The number of nitrogens with one attached hydrogen (secondary N) is 4. The van der Waals surface area contributed by atoms with Crippen molar-refractivity contribution in [2.45, 2.75) is 70.4 Å². The third kappa shape index (κ3) is 25.1. The minimum atomic E-state index is -4.27. The molecule has 0 heterocycles. The van der Waals surface area contributed by atoms with Crippen molar-refractivity contribution in [2.24, 2.45) is 0 Å². The fourth-order valence-electron chi connectivity index (χ4n) is 3.49. The Kier molecular flexibility index (Phi) is 20.9. The van der Waals surface area contributed by atoms with E-state index in [2.05, 4.69) is 16.0 Å². The Bertz CT molecular complexity index is 1300. The van der Waals surface area contributed by atoms with E-state index in [0.717, 1.165) is 0 Å². The molecule has 0 aromatic rings. The van der Waals surface area contributed by atoms with Gasteiger partial charge in [0.05, 0.1) is 31.3 Å². The molecule has 20 nitrogen and oxygen atoms in total. The lowest BCUT2D eigenvalue weighted by molar-refractivity contribution is -0.144. The number of amides is 4. The second-order valence-electron chi connectivity index (χ2n) is 10.0. The molecule has 0 aromatic heterocycles. The minimum absolute atomic E-state index is 0.00221. The van der Waals surface area contributed by atoms with Crippen LogP contribution in [0.25, 0.3) is 0 Å². The van der Waals surface area contributed by atoms with E-state index >= 15 is 0 Å². The average Bonchev–Trinajstić information content (AvgIpc) is 2.93. The number of aliphatic carboxylic acids is 2. The summed E-state index contributed by atoms with van der Waals surface area (Å²) in [5.41, 5.74) is 0. The number of carboxylic acid groups (broad SMARTS) is 2. The molecule has 0 saturated carbocycles. The van der Waals surface area contributed by atoms with Crippen LogP contribution < -0.4 is 20.7 Å². The maximum Gasteiger partial charge on any atom is 0.326 e. The molecule has 0 radical (unpaired) electrons. The van der Waals surface area contributed by atoms with Crippen molar-refractivity contribution < 1.29 is 74.6 Å². The summed E-state index contributed by atoms with van der Waals surface area (Å²) < 4.78 is 65.6. The number of carbonyl (C=O) groups excluding carboxylic acids is 5. The molecule has 0 fully saturated rings. The molecule has 0 rings (SSSR count). The smallest absolute Gasteiger partial charge is 0.326 e. The lowest BCUT2D eigenvalue weighted by atomic mass is 10.1. The van der Waals surface area contributed by atoms with Gasteiger partial charge in [-0.25, -0.2) is 18.0 Å². The molecule has 0 bridgehead atoms. The predicted molar refractivity (Wildman–Crippen MR) is 160 cm³/mol. The lowest BCUT2D eigenvalue weighted by Gasteiger charge is -2.16. The molecule has 47 heavy (non-hydrogen) atoms. The van der Waals surface area contributed by atoms with Crippen molar-refractivity contribution in [1.29, 1.82) is 0 Å². The zero-order chi connectivity index (χ0) is 36.0. The first-order valence-corrected chi connectivity index (χ1v) is 17.5.